The van der Waals surface area contributed by atoms with E-state index in [1.165, 1.54) is 6.07 Å². The highest BCUT2D eigenvalue weighted by Crippen LogP contribution is 2.48. The second kappa shape index (κ2) is 11.0. The molecule has 2 aromatic heterocycles. The van der Waals surface area contributed by atoms with Crippen molar-refractivity contribution >= 4 is 33.3 Å². The van der Waals surface area contributed by atoms with Gasteiger partial charge in [0.05, 0.1) is 11.1 Å². The summed E-state index contributed by atoms with van der Waals surface area (Å²) in [5.74, 6) is 0.0340. The SMILES string of the molecule is CN1CCCC1CCNC(=O)c1cn2c3c(c(N4CCC(c5cccnc5)C4)c(F)cc3c1=O)Oc1cc3ccccc3cc1-2. The number of rotatable bonds is 6. The fraction of sp³-hybridized carbons (Fsp3) is 0.306. The second-order valence-electron chi connectivity index (χ2n) is 12.5. The van der Waals surface area contributed by atoms with E-state index >= 15 is 4.39 Å². The van der Waals surface area contributed by atoms with E-state index in [4.69, 9.17) is 4.74 Å². The summed E-state index contributed by atoms with van der Waals surface area (Å²) >= 11 is 0. The number of anilines is 1. The molecule has 5 aromatic rings. The van der Waals surface area contributed by atoms with Gasteiger partial charge < -0.3 is 24.4 Å². The molecule has 1 N–H and O–H groups in total. The van der Waals surface area contributed by atoms with E-state index in [1.54, 1.807) is 12.4 Å². The minimum absolute atomic E-state index is 0.0146. The fourth-order valence-electron chi connectivity index (χ4n) is 7.39. The summed E-state index contributed by atoms with van der Waals surface area (Å²) in [4.78, 5) is 36.0. The zero-order chi connectivity index (χ0) is 30.7. The van der Waals surface area contributed by atoms with Crippen molar-refractivity contribution in [1.82, 2.24) is 19.8 Å². The summed E-state index contributed by atoms with van der Waals surface area (Å²) < 4.78 is 24.7. The van der Waals surface area contributed by atoms with Gasteiger partial charge in [-0.1, -0.05) is 30.3 Å². The van der Waals surface area contributed by atoms with Crippen LogP contribution >= 0.6 is 0 Å². The van der Waals surface area contributed by atoms with Crippen LogP contribution in [0.15, 0.2) is 78.0 Å². The maximum absolute atomic E-state index is 16.3. The van der Waals surface area contributed by atoms with Gasteiger partial charge in [-0.3, -0.25) is 14.6 Å². The first-order valence-electron chi connectivity index (χ1n) is 15.7. The lowest BCUT2D eigenvalue weighted by molar-refractivity contribution is 0.0949. The third kappa shape index (κ3) is 4.73. The molecule has 228 valence electrons. The van der Waals surface area contributed by atoms with E-state index < -0.39 is 17.2 Å². The predicted molar refractivity (Wildman–Crippen MR) is 173 cm³/mol. The van der Waals surface area contributed by atoms with Crippen molar-refractivity contribution in [2.24, 2.45) is 0 Å². The average molecular weight is 604 g/mol. The first-order valence-corrected chi connectivity index (χ1v) is 15.7. The lowest BCUT2D eigenvalue weighted by atomic mass is 10.0. The van der Waals surface area contributed by atoms with E-state index in [0.29, 0.717) is 54.1 Å². The molecule has 0 bridgehead atoms. The minimum atomic E-state index is -0.543. The Morgan fingerprint density at radius 2 is 1.93 bits per heavy atom. The van der Waals surface area contributed by atoms with Crippen molar-refractivity contribution < 1.29 is 13.9 Å². The smallest absolute Gasteiger partial charge is 0.256 e. The zero-order valence-corrected chi connectivity index (χ0v) is 25.1. The van der Waals surface area contributed by atoms with Crippen molar-refractivity contribution in [3.8, 4) is 17.2 Å². The van der Waals surface area contributed by atoms with Crippen LogP contribution in [0, 0.1) is 5.82 Å². The quantitative estimate of drug-likeness (QED) is 0.252. The molecule has 1 amide bonds. The van der Waals surface area contributed by atoms with Crippen LogP contribution in [-0.2, 0) is 0 Å². The Morgan fingerprint density at radius 1 is 1.09 bits per heavy atom. The number of amides is 1. The van der Waals surface area contributed by atoms with Crippen LogP contribution in [0.3, 0.4) is 0 Å². The summed E-state index contributed by atoms with van der Waals surface area (Å²) in [5, 5.41) is 5.05. The van der Waals surface area contributed by atoms with E-state index in [9.17, 15) is 9.59 Å². The molecule has 2 fully saturated rings. The van der Waals surface area contributed by atoms with Crippen LogP contribution in [0.4, 0.5) is 10.1 Å². The van der Waals surface area contributed by atoms with E-state index in [0.717, 1.165) is 48.6 Å². The van der Waals surface area contributed by atoms with Crippen molar-refractivity contribution in [3.05, 3.63) is 100 Å². The van der Waals surface area contributed by atoms with Gasteiger partial charge in [-0.2, -0.15) is 0 Å². The maximum Gasteiger partial charge on any atom is 0.256 e. The number of carbonyl (C=O) groups is 1. The number of hydrogen-bond donors (Lipinski definition) is 1. The minimum Gasteiger partial charge on any atom is -0.451 e. The largest absolute Gasteiger partial charge is 0.451 e. The highest BCUT2D eigenvalue weighted by Gasteiger charge is 2.34. The van der Waals surface area contributed by atoms with Crippen molar-refractivity contribution in [2.45, 2.75) is 37.6 Å². The second-order valence-corrected chi connectivity index (χ2v) is 12.5. The predicted octanol–water partition coefficient (Wildman–Crippen LogP) is 5.99. The van der Waals surface area contributed by atoms with Crippen LogP contribution in [0.1, 0.15) is 47.5 Å². The molecule has 2 unspecified atom stereocenters. The summed E-state index contributed by atoms with van der Waals surface area (Å²) in [7, 11) is 2.10. The Bertz CT molecular complexity index is 2030. The monoisotopic (exact) mass is 603 g/mol. The highest BCUT2D eigenvalue weighted by molar-refractivity contribution is 6.02. The summed E-state index contributed by atoms with van der Waals surface area (Å²) in [6, 6.07) is 17.5. The molecule has 8 rings (SSSR count). The number of nitrogens with zero attached hydrogens (tertiary/aromatic N) is 4. The molecule has 3 aliphatic rings. The number of benzene rings is 3. The Hall–Kier alpha value is -4.76. The molecule has 3 aromatic carbocycles. The molecule has 3 aliphatic heterocycles. The van der Waals surface area contributed by atoms with Gasteiger partial charge in [0, 0.05) is 50.2 Å². The Labute approximate surface area is 260 Å². The Balaban J connectivity index is 1.24. The molecule has 0 aliphatic carbocycles. The third-order valence-corrected chi connectivity index (χ3v) is 9.81. The highest BCUT2D eigenvalue weighted by atomic mass is 19.1. The van der Waals surface area contributed by atoms with Crippen molar-refractivity contribution in [2.75, 3.05) is 38.1 Å². The number of likely N-dealkylation sites (tertiary alicyclic amines) is 1. The molecule has 9 heteroatoms. The van der Waals surface area contributed by atoms with E-state index in [2.05, 4.69) is 28.3 Å². The molecule has 0 saturated carbocycles. The van der Waals surface area contributed by atoms with E-state index in [-0.39, 0.29) is 16.9 Å². The standard InChI is InChI=1S/C36H34FN5O3/c1-40-14-5-9-26(40)10-13-39-36(44)28-21-42-30-16-22-6-2-3-7-23(22)17-31(30)45-35-32(42)27(34(28)43)18-29(37)33(35)41-15-11-25(20-41)24-8-4-12-38-19-24/h2-4,6-8,12,16-19,21,25-26H,5,9-11,13-15,20H2,1H3,(H,39,44). The average Bonchev–Trinajstić information content (AvgIpc) is 3.71. The number of nitrogens with one attached hydrogen (secondary N) is 1. The molecular weight excluding hydrogens is 569 g/mol. The number of pyridine rings is 2. The van der Waals surface area contributed by atoms with Crippen molar-refractivity contribution in [1.29, 1.82) is 0 Å². The van der Waals surface area contributed by atoms with Gasteiger partial charge in [-0.05, 0) is 79.9 Å². The van der Waals surface area contributed by atoms with Crippen LogP contribution in [0.2, 0.25) is 0 Å². The van der Waals surface area contributed by atoms with Gasteiger partial charge in [-0.15, -0.1) is 0 Å². The number of ether oxygens (including phenoxy) is 1. The molecule has 0 spiro atoms. The molecule has 0 radical (unpaired) electrons. The number of halogens is 1. The molecule has 8 nitrogen and oxygen atoms in total. The normalized spacial score (nSPS) is 19.2. The van der Waals surface area contributed by atoms with Gasteiger partial charge in [-0.25, -0.2) is 4.39 Å². The first kappa shape index (κ1) is 27.8. The van der Waals surface area contributed by atoms with Crippen LogP contribution in [0.25, 0.3) is 27.4 Å². The number of fused-ring (bicyclic) bond motifs is 3. The molecule has 2 atom stereocenters. The van der Waals surface area contributed by atoms with Gasteiger partial charge in [0.1, 0.15) is 16.8 Å². The zero-order valence-electron chi connectivity index (χ0n) is 25.1. The lowest BCUT2D eigenvalue weighted by Gasteiger charge is -2.29. The molecular formula is C36H34FN5O3. The number of aromatic nitrogens is 2. The lowest BCUT2D eigenvalue weighted by Crippen LogP contribution is -2.34. The number of carbonyl (C=O) groups excluding carboxylic acids is 1. The van der Waals surface area contributed by atoms with E-state index in [1.807, 2.05) is 58.1 Å². The molecule has 2 saturated heterocycles. The fourth-order valence-corrected chi connectivity index (χ4v) is 7.39. The first-order chi connectivity index (χ1) is 22.0. The molecule has 5 heterocycles. The third-order valence-electron chi connectivity index (χ3n) is 9.81. The Kier molecular flexibility index (Phi) is 6.78. The van der Waals surface area contributed by atoms with Crippen LogP contribution in [-0.4, -0.2) is 59.6 Å². The van der Waals surface area contributed by atoms with Crippen LogP contribution < -0.4 is 20.4 Å². The van der Waals surface area contributed by atoms with Crippen molar-refractivity contribution in [3.63, 3.8) is 0 Å². The summed E-state index contributed by atoms with van der Waals surface area (Å²) in [6.07, 6.45) is 9.12. The van der Waals surface area contributed by atoms with Gasteiger partial charge in [0.2, 0.25) is 5.43 Å². The number of hydrogen-bond acceptors (Lipinski definition) is 6. The summed E-state index contributed by atoms with van der Waals surface area (Å²) in [6.45, 7) is 2.74. The van der Waals surface area contributed by atoms with Gasteiger partial charge in [0.25, 0.3) is 5.91 Å². The topological polar surface area (TPSA) is 79.7 Å². The van der Waals surface area contributed by atoms with Gasteiger partial charge in [0.15, 0.2) is 17.3 Å². The van der Waals surface area contributed by atoms with Gasteiger partial charge >= 0.3 is 0 Å². The Morgan fingerprint density at radius 3 is 2.71 bits per heavy atom. The summed E-state index contributed by atoms with van der Waals surface area (Å²) in [5.41, 5.74) is 2.08. The molecule has 45 heavy (non-hydrogen) atoms. The maximum atomic E-state index is 16.3. The van der Waals surface area contributed by atoms with Crippen LogP contribution in [0.5, 0.6) is 11.5 Å².